The number of nitrogens with zero attached hydrogens (tertiary/aromatic N) is 2. The molecular formula is C15H18N4O2S. The molecule has 2 N–H and O–H groups in total. The summed E-state index contributed by atoms with van der Waals surface area (Å²) >= 11 is 0. The first kappa shape index (κ1) is 15.1. The van der Waals surface area contributed by atoms with E-state index in [2.05, 4.69) is 20.0 Å². The second-order valence-electron chi connectivity index (χ2n) is 5.27. The summed E-state index contributed by atoms with van der Waals surface area (Å²) < 4.78 is 27.4. The van der Waals surface area contributed by atoms with E-state index in [1.807, 2.05) is 30.3 Å². The second kappa shape index (κ2) is 6.51. The molecule has 1 saturated heterocycles. The van der Waals surface area contributed by atoms with Crippen molar-refractivity contribution in [1.82, 2.24) is 20.0 Å². The minimum atomic E-state index is -3.57. The number of aromatic nitrogens is 2. The Labute approximate surface area is 130 Å². The molecule has 0 saturated carbocycles. The van der Waals surface area contributed by atoms with Gasteiger partial charge < -0.3 is 5.32 Å². The fourth-order valence-electron chi connectivity index (χ4n) is 2.43. The molecule has 1 aromatic carbocycles. The predicted octanol–water partition coefficient (Wildman–Crippen LogP) is 1.17. The molecule has 3 rings (SSSR count). The highest BCUT2D eigenvalue weighted by Gasteiger charge is 2.22. The van der Waals surface area contributed by atoms with Crippen LogP contribution in [0.2, 0.25) is 0 Å². The molecule has 6 nitrogen and oxygen atoms in total. The zero-order valence-electron chi connectivity index (χ0n) is 12.1. The molecule has 0 amide bonds. The number of hydrogen-bond donors (Lipinski definition) is 2. The molecule has 1 aliphatic heterocycles. The van der Waals surface area contributed by atoms with Gasteiger partial charge in [-0.25, -0.2) is 23.1 Å². The fourth-order valence-corrected chi connectivity index (χ4v) is 3.59. The van der Waals surface area contributed by atoms with Crippen molar-refractivity contribution in [3.05, 3.63) is 42.7 Å². The van der Waals surface area contributed by atoms with Crippen LogP contribution in [-0.2, 0) is 10.0 Å². The molecule has 1 aromatic heterocycles. The van der Waals surface area contributed by atoms with Crippen LogP contribution in [0, 0.1) is 0 Å². The zero-order chi connectivity index (χ0) is 15.4. The Bertz CT molecular complexity index is 711. The Morgan fingerprint density at radius 2 is 1.86 bits per heavy atom. The monoisotopic (exact) mass is 318 g/mol. The lowest BCUT2D eigenvalue weighted by Gasteiger charge is -2.23. The molecule has 116 valence electrons. The van der Waals surface area contributed by atoms with E-state index in [-0.39, 0.29) is 10.9 Å². The smallest absolute Gasteiger partial charge is 0.243 e. The molecule has 1 fully saturated rings. The van der Waals surface area contributed by atoms with Crippen molar-refractivity contribution in [3.8, 4) is 11.4 Å². The minimum absolute atomic E-state index is 0.0763. The highest BCUT2D eigenvalue weighted by atomic mass is 32.2. The van der Waals surface area contributed by atoms with E-state index in [1.54, 1.807) is 0 Å². The molecule has 0 radical (unpaired) electrons. The van der Waals surface area contributed by atoms with Gasteiger partial charge in [0.1, 0.15) is 4.90 Å². The first-order valence-electron chi connectivity index (χ1n) is 7.26. The van der Waals surface area contributed by atoms with Crippen LogP contribution in [0.3, 0.4) is 0 Å². The Balaban J connectivity index is 1.76. The van der Waals surface area contributed by atoms with Crippen LogP contribution in [0.5, 0.6) is 0 Å². The number of rotatable bonds is 4. The van der Waals surface area contributed by atoms with Crippen LogP contribution >= 0.6 is 0 Å². The molecule has 0 spiro atoms. The van der Waals surface area contributed by atoms with Crippen LogP contribution in [0.25, 0.3) is 11.4 Å². The van der Waals surface area contributed by atoms with Crippen LogP contribution in [0.15, 0.2) is 47.6 Å². The van der Waals surface area contributed by atoms with E-state index >= 15 is 0 Å². The molecule has 2 heterocycles. The second-order valence-corrected chi connectivity index (χ2v) is 6.99. The maximum absolute atomic E-state index is 12.3. The molecule has 1 atom stereocenters. The summed E-state index contributed by atoms with van der Waals surface area (Å²) in [5.74, 6) is 0.513. The standard InChI is InChI=1S/C15H18N4O2S/c20-22(21,19-13-7-4-8-16-9-13)14-10-17-15(18-11-14)12-5-2-1-3-6-12/h1-3,5-6,10-11,13,16,19H,4,7-9H2. The van der Waals surface area contributed by atoms with Gasteiger partial charge in [-0.2, -0.15) is 0 Å². The number of piperidine rings is 1. The summed E-state index contributed by atoms with van der Waals surface area (Å²) in [6, 6.07) is 9.38. The van der Waals surface area contributed by atoms with E-state index in [0.717, 1.165) is 24.9 Å². The van der Waals surface area contributed by atoms with Gasteiger partial charge in [-0.05, 0) is 19.4 Å². The lowest BCUT2D eigenvalue weighted by atomic mass is 10.1. The maximum Gasteiger partial charge on any atom is 0.243 e. The van der Waals surface area contributed by atoms with Gasteiger partial charge in [-0.1, -0.05) is 30.3 Å². The largest absolute Gasteiger partial charge is 0.315 e. The van der Waals surface area contributed by atoms with Crippen LogP contribution in [0.1, 0.15) is 12.8 Å². The summed E-state index contributed by atoms with van der Waals surface area (Å²) in [5, 5.41) is 3.18. The summed E-state index contributed by atoms with van der Waals surface area (Å²) in [5.41, 5.74) is 0.857. The normalized spacial score (nSPS) is 19.0. The SMILES string of the molecule is O=S(=O)(NC1CCCNC1)c1cnc(-c2ccccc2)nc1. The molecule has 0 aliphatic carbocycles. The van der Waals surface area contributed by atoms with Gasteiger partial charge in [-0.15, -0.1) is 0 Å². The van der Waals surface area contributed by atoms with E-state index in [1.165, 1.54) is 12.4 Å². The molecule has 1 aliphatic rings. The lowest BCUT2D eigenvalue weighted by molar-refractivity contribution is 0.428. The van der Waals surface area contributed by atoms with Gasteiger partial charge >= 0.3 is 0 Å². The first-order valence-corrected chi connectivity index (χ1v) is 8.74. The Morgan fingerprint density at radius 1 is 1.14 bits per heavy atom. The average molecular weight is 318 g/mol. The molecule has 7 heteroatoms. The Hall–Kier alpha value is -1.83. The number of benzene rings is 1. The van der Waals surface area contributed by atoms with Gasteiger partial charge in [0.2, 0.25) is 10.0 Å². The lowest BCUT2D eigenvalue weighted by Crippen LogP contribution is -2.45. The van der Waals surface area contributed by atoms with Crippen molar-refractivity contribution >= 4 is 10.0 Å². The zero-order valence-corrected chi connectivity index (χ0v) is 12.9. The molecule has 0 bridgehead atoms. The number of hydrogen-bond acceptors (Lipinski definition) is 5. The third kappa shape index (κ3) is 3.49. The number of nitrogens with one attached hydrogen (secondary N) is 2. The third-order valence-corrected chi connectivity index (χ3v) is 5.06. The summed E-state index contributed by atoms with van der Waals surface area (Å²) in [6.07, 6.45) is 4.52. The minimum Gasteiger partial charge on any atom is -0.315 e. The van der Waals surface area contributed by atoms with E-state index < -0.39 is 10.0 Å². The van der Waals surface area contributed by atoms with Gasteiger partial charge in [0.25, 0.3) is 0 Å². The van der Waals surface area contributed by atoms with Gasteiger partial charge in [-0.3, -0.25) is 0 Å². The molecule has 1 unspecified atom stereocenters. The van der Waals surface area contributed by atoms with Crippen LogP contribution in [-0.4, -0.2) is 37.5 Å². The first-order chi connectivity index (χ1) is 10.6. The third-order valence-electron chi connectivity index (χ3n) is 3.59. The van der Waals surface area contributed by atoms with Gasteiger partial charge in [0.15, 0.2) is 5.82 Å². The molecule has 22 heavy (non-hydrogen) atoms. The maximum atomic E-state index is 12.3. The van der Waals surface area contributed by atoms with Crippen molar-refractivity contribution < 1.29 is 8.42 Å². The van der Waals surface area contributed by atoms with Gasteiger partial charge in [0.05, 0.1) is 12.4 Å². The topological polar surface area (TPSA) is 84.0 Å². The van der Waals surface area contributed by atoms with E-state index in [4.69, 9.17) is 0 Å². The van der Waals surface area contributed by atoms with Crippen LogP contribution in [0.4, 0.5) is 0 Å². The highest BCUT2D eigenvalue weighted by Crippen LogP contribution is 2.15. The Kier molecular flexibility index (Phi) is 4.47. The van der Waals surface area contributed by atoms with Crippen molar-refractivity contribution in [2.75, 3.05) is 13.1 Å². The molecular weight excluding hydrogens is 300 g/mol. The van der Waals surface area contributed by atoms with Crippen molar-refractivity contribution in [3.63, 3.8) is 0 Å². The number of sulfonamides is 1. The summed E-state index contributed by atoms with van der Waals surface area (Å²) in [6.45, 7) is 1.59. The summed E-state index contributed by atoms with van der Waals surface area (Å²) in [7, 11) is -3.57. The average Bonchev–Trinajstić information content (AvgIpc) is 2.56. The van der Waals surface area contributed by atoms with Crippen molar-refractivity contribution in [1.29, 1.82) is 0 Å². The van der Waals surface area contributed by atoms with Crippen molar-refractivity contribution in [2.24, 2.45) is 0 Å². The van der Waals surface area contributed by atoms with Crippen molar-refractivity contribution in [2.45, 2.75) is 23.8 Å². The quantitative estimate of drug-likeness (QED) is 0.884. The molecule has 2 aromatic rings. The van der Waals surface area contributed by atoms with Gasteiger partial charge in [0, 0.05) is 18.2 Å². The Morgan fingerprint density at radius 3 is 2.50 bits per heavy atom. The van der Waals surface area contributed by atoms with E-state index in [9.17, 15) is 8.42 Å². The highest BCUT2D eigenvalue weighted by molar-refractivity contribution is 7.89. The summed E-state index contributed by atoms with van der Waals surface area (Å²) in [4.78, 5) is 8.42. The van der Waals surface area contributed by atoms with E-state index in [0.29, 0.717) is 12.4 Å². The predicted molar refractivity (Wildman–Crippen MR) is 83.7 cm³/mol. The fraction of sp³-hybridized carbons (Fsp3) is 0.333. The van der Waals surface area contributed by atoms with Crippen LogP contribution < -0.4 is 10.0 Å².